The van der Waals surface area contributed by atoms with Gasteiger partial charge in [-0.25, -0.2) is 0 Å². The molecule has 1 heterocycles. The predicted molar refractivity (Wildman–Crippen MR) is 85.9 cm³/mol. The van der Waals surface area contributed by atoms with Crippen molar-refractivity contribution in [2.75, 3.05) is 0 Å². The normalized spacial score (nSPS) is 32.2. The number of amides is 1. The predicted octanol–water partition coefficient (Wildman–Crippen LogP) is 3.83. The van der Waals surface area contributed by atoms with Gasteiger partial charge in [-0.05, 0) is 50.4 Å². The fraction of sp³-hybridized carbons (Fsp3) is 0.944. The molecule has 1 amide bonds. The van der Waals surface area contributed by atoms with Gasteiger partial charge in [0.15, 0.2) is 0 Å². The molecular weight excluding hydrogens is 260 g/mol. The minimum absolute atomic E-state index is 0.188. The zero-order chi connectivity index (χ0) is 15.1. The summed E-state index contributed by atoms with van der Waals surface area (Å²) in [5.74, 6) is 0.433. The average Bonchev–Trinajstić information content (AvgIpc) is 2.99. The van der Waals surface area contributed by atoms with E-state index in [0.29, 0.717) is 23.5 Å². The molecule has 1 saturated heterocycles. The maximum atomic E-state index is 13.1. The molecular formula is C18H32N2O. The molecule has 1 aliphatic heterocycles. The fourth-order valence-corrected chi connectivity index (χ4v) is 4.74. The van der Waals surface area contributed by atoms with Crippen molar-refractivity contribution >= 4 is 5.91 Å². The second-order valence-corrected chi connectivity index (χ2v) is 8.35. The van der Waals surface area contributed by atoms with Crippen molar-refractivity contribution in [2.45, 2.75) is 103 Å². The van der Waals surface area contributed by atoms with Gasteiger partial charge in [0, 0.05) is 6.04 Å². The molecule has 21 heavy (non-hydrogen) atoms. The Bertz CT molecular complexity index is 388. The Morgan fingerprint density at radius 1 is 1.14 bits per heavy atom. The highest BCUT2D eigenvalue weighted by Crippen LogP contribution is 2.43. The molecule has 3 rings (SSSR count). The third-order valence-electron chi connectivity index (χ3n) is 6.14. The van der Waals surface area contributed by atoms with Crippen molar-refractivity contribution in [1.29, 1.82) is 0 Å². The molecule has 2 saturated carbocycles. The zero-order valence-corrected chi connectivity index (χ0v) is 14.1. The Morgan fingerprint density at radius 2 is 1.76 bits per heavy atom. The second-order valence-electron chi connectivity index (χ2n) is 8.35. The average molecular weight is 292 g/mol. The quantitative estimate of drug-likeness (QED) is 0.857. The van der Waals surface area contributed by atoms with Crippen LogP contribution in [0.1, 0.15) is 85.0 Å². The first kappa shape index (κ1) is 15.3. The molecule has 0 aromatic heterocycles. The van der Waals surface area contributed by atoms with Crippen LogP contribution >= 0.6 is 0 Å². The third-order valence-corrected chi connectivity index (χ3v) is 6.14. The molecule has 120 valence electrons. The summed E-state index contributed by atoms with van der Waals surface area (Å²) in [6, 6.07) is 0.481. The Kier molecular flexibility index (Phi) is 4.06. The molecule has 1 spiro atoms. The summed E-state index contributed by atoms with van der Waals surface area (Å²) in [4.78, 5) is 15.4. The van der Waals surface area contributed by atoms with Crippen molar-refractivity contribution < 1.29 is 4.79 Å². The van der Waals surface area contributed by atoms with E-state index < -0.39 is 0 Å². The Hall–Kier alpha value is -0.570. The molecule has 3 aliphatic rings. The van der Waals surface area contributed by atoms with E-state index in [1.807, 2.05) is 0 Å². The van der Waals surface area contributed by atoms with E-state index in [1.54, 1.807) is 0 Å². The fourth-order valence-electron chi connectivity index (χ4n) is 4.74. The van der Waals surface area contributed by atoms with E-state index >= 15 is 0 Å². The van der Waals surface area contributed by atoms with Crippen molar-refractivity contribution in [3.8, 4) is 0 Å². The van der Waals surface area contributed by atoms with Crippen molar-refractivity contribution in [3.63, 3.8) is 0 Å². The van der Waals surface area contributed by atoms with E-state index in [9.17, 15) is 4.79 Å². The first-order chi connectivity index (χ1) is 9.97. The van der Waals surface area contributed by atoms with Gasteiger partial charge in [-0.3, -0.25) is 10.1 Å². The highest BCUT2D eigenvalue weighted by atomic mass is 16.2. The summed E-state index contributed by atoms with van der Waals surface area (Å²) in [6.45, 7) is 6.97. The van der Waals surface area contributed by atoms with E-state index in [0.717, 1.165) is 25.7 Å². The highest BCUT2D eigenvalue weighted by Gasteiger charge is 2.53. The van der Waals surface area contributed by atoms with Crippen LogP contribution < -0.4 is 5.32 Å². The lowest BCUT2D eigenvalue weighted by Crippen LogP contribution is -2.47. The molecule has 0 aromatic rings. The molecule has 1 N–H and O–H groups in total. The van der Waals surface area contributed by atoms with Crippen LogP contribution in [0.3, 0.4) is 0 Å². The number of nitrogens with one attached hydrogen (secondary N) is 1. The Balaban J connectivity index is 1.76. The SMILES string of the molecule is CCCC1NC2(CCCC2)C(=O)N1C1CCC(C)(C)CC1. The maximum absolute atomic E-state index is 13.1. The highest BCUT2D eigenvalue weighted by molar-refractivity contribution is 5.89. The van der Waals surface area contributed by atoms with Crippen molar-refractivity contribution in [3.05, 3.63) is 0 Å². The number of hydrogen-bond acceptors (Lipinski definition) is 2. The Morgan fingerprint density at radius 3 is 2.33 bits per heavy atom. The van der Waals surface area contributed by atoms with Crippen LogP contribution in [0.15, 0.2) is 0 Å². The van der Waals surface area contributed by atoms with E-state index in [1.165, 1.54) is 38.5 Å². The molecule has 1 unspecified atom stereocenters. The van der Waals surface area contributed by atoms with E-state index in [-0.39, 0.29) is 5.54 Å². The topological polar surface area (TPSA) is 32.3 Å². The molecule has 0 bridgehead atoms. The first-order valence-corrected chi connectivity index (χ1v) is 9.08. The van der Waals surface area contributed by atoms with Crippen LogP contribution in [0.2, 0.25) is 0 Å². The molecule has 0 radical (unpaired) electrons. The van der Waals surface area contributed by atoms with Gasteiger partial charge >= 0.3 is 0 Å². The molecule has 1 atom stereocenters. The summed E-state index contributed by atoms with van der Waals surface area (Å²) in [5, 5.41) is 3.76. The smallest absolute Gasteiger partial charge is 0.244 e. The van der Waals surface area contributed by atoms with Crippen LogP contribution in [0.4, 0.5) is 0 Å². The molecule has 3 fully saturated rings. The van der Waals surface area contributed by atoms with Gasteiger partial charge in [-0.1, -0.05) is 40.0 Å². The number of hydrogen-bond donors (Lipinski definition) is 1. The lowest BCUT2D eigenvalue weighted by Gasteiger charge is -2.40. The van der Waals surface area contributed by atoms with Crippen LogP contribution in [-0.2, 0) is 4.79 Å². The molecule has 0 aromatic carbocycles. The third kappa shape index (κ3) is 2.74. The first-order valence-electron chi connectivity index (χ1n) is 9.08. The standard InChI is InChI=1S/C18H32N2O/c1-4-7-15-19-18(10-5-6-11-18)16(21)20(15)14-8-12-17(2,3)13-9-14/h14-15,19H,4-13H2,1-3H3. The van der Waals surface area contributed by atoms with Crippen LogP contribution in [-0.4, -0.2) is 28.6 Å². The van der Waals surface area contributed by atoms with Crippen LogP contribution in [0.5, 0.6) is 0 Å². The van der Waals surface area contributed by atoms with Gasteiger partial charge in [0.05, 0.1) is 11.7 Å². The minimum Gasteiger partial charge on any atom is -0.323 e. The van der Waals surface area contributed by atoms with Crippen molar-refractivity contribution in [2.24, 2.45) is 5.41 Å². The number of carbonyl (C=O) groups is 1. The monoisotopic (exact) mass is 292 g/mol. The minimum atomic E-state index is -0.188. The summed E-state index contributed by atoms with van der Waals surface area (Å²) in [5.41, 5.74) is 0.283. The second kappa shape index (κ2) is 5.57. The summed E-state index contributed by atoms with van der Waals surface area (Å²) in [7, 11) is 0. The number of rotatable bonds is 3. The summed E-state index contributed by atoms with van der Waals surface area (Å²) in [6.07, 6.45) is 12.0. The lowest BCUT2D eigenvalue weighted by molar-refractivity contribution is -0.136. The Labute approximate surface area is 129 Å². The maximum Gasteiger partial charge on any atom is 0.244 e. The van der Waals surface area contributed by atoms with Crippen LogP contribution in [0, 0.1) is 5.41 Å². The lowest BCUT2D eigenvalue weighted by atomic mass is 9.75. The summed E-state index contributed by atoms with van der Waals surface area (Å²) >= 11 is 0. The zero-order valence-electron chi connectivity index (χ0n) is 14.1. The number of carbonyl (C=O) groups excluding carboxylic acids is 1. The van der Waals surface area contributed by atoms with Gasteiger partial charge in [0.2, 0.25) is 5.91 Å². The van der Waals surface area contributed by atoms with Gasteiger partial charge in [-0.2, -0.15) is 0 Å². The van der Waals surface area contributed by atoms with Gasteiger partial charge in [0.1, 0.15) is 0 Å². The van der Waals surface area contributed by atoms with E-state index in [2.05, 4.69) is 31.0 Å². The van der Waals surface area contributed by atoms with Gasteiger partial charge in [0.25, 0.3) is 0 Å². The molecule has 3 nitrogen and oxygen atoms in total. The number of nitrogens with zero attached hydrogens (tertiary/aromatic N) is 1. The largest absolute Gasteiger partial charge is 0.323 e. The molecule has 2 aliphatic carbocycles. The summed E-state index contributed by atoms with van der Waals surface area (Å²) < 4.78 is 0. The van der Waals surface area contributed by atoms with Gasteiger partial charge in [-0.15, -0.1) is 0 Å². The molecule has 3 heteroatoms. The van der Waals surface area contributed by atoms with Crippen molar-refractivity contribution in [1.82, 2.24) is 10.2 Å². The van der Waals surface area contributed by atoms with Crippen LogP contribution in [0.25, 0.3) is 0 Å². The van der Waals surface area contributed by atoms with Gasteiger partial charge < -0.3 is 4.90 Å². The van der Waals surface area contributed by atoms with E-state index in [4.69, 9.17) is 0 Å².